The number of allylic oxidation sites excluding steroid dienone is 2. The highest BCUT2D eigenvalue weighted by Gasteiger charge is 2.59. The lowest BCUT2D eigenvalue weighted by Crippen LogP contribution is -2.32. The van der Waals surface area contributed by atoms with E-state index in [9.17, 15) is 9.59 Å². The molecule has 0 spiro atoms. The maximum Gasteiger partial charge on any atom is 0.238 e. The highest BCUT2D eigenvalue weighted by Crippen LogP contribution is 2.53. The van der Waals surface area contributed by atoms with E-state index in [1.165, 1.54) is 10.5 Å². The van der Waals surface area contributed by atoms with Crippen molar-refractivity contribution in [3.05, 3.63) is 72.6 Å². The van der Waals surface area contributed by atoms with Crippen LogP contribution in [0.1, 0.15) is 12.0 Å². The molecule has 1 saturated carbocycles. The van der Waals surface area contributed by atoms with E-state index in [0.29, 0.717) is 5.69 Å². The van der Waals surface area contributed by atoms with Gasteiger partial charge in [-0.2, -0.15) is 0 Å². The number of rotatable bonds is 4. The van der Waals surface area contributed by atoms with Gasteiger partial charge in [0.15, 0.2) is 0 Å². The average Bonchev–Trinajstić information content (AvgIpc) is 3.50. The molecular weight excluding hydrogens is 362 g/mol. The number of imidazole rings is 1. The lowest BCUT2D eigenvalue weighted by Gasteiger charge is -2.17. The van der Waals surface area contributed by atoms with E-state index in [-0.39, 0.29) is 35.5 Å². The van der Waals surface area contributed by atoms with Crippen molar-refractivity contribution in [2.24, 2.45) is 23.7 Å². The zero-order valence-electron chi connectivity index (χ0n) is 15.9. The largest absolute Gasteiger partial charge is 0.330 e. The monoisotopic (exact) mass is 383 g/mol. The lowest BCUT2D eigenvalue weighted by atomic mass is 9.85. The van der Waals surface area contributed by atoms with Crippen LogP contribution in [0.5, 0.6) is 0 Å². The topological polar surface area (TPSA) is 55.2 Å². The van der Waals surface area contributed by atoms with Crippen molar-refractivity contribution in [2.75, 3.05) is 4.90 Å². The van der Waals surface area contributed by atoms with Gasteiger partial charge in [0.2, 0.25) is 11.8 Å². The predicted molar refractivity (Wildman–Crippen MR) is 110 cm³/mol. The molecule has 3 aromatic rings. The van der Waals surface area contributed by atoms with Gasteiger partial charge in [0.25, 0.3) is 0 Å². The van der Waals surface area contributed by atoms with Gasteiger partial charge in [0, 0.05) is 6.54 Å². The van der Waals surface area contributed by atoms with Crippen molar-refractivity contribution < 1.29 is 9.59 Å². The molecule has 0 radical (unpaired) electrons. The van der Waals surface area contributed by atoms with Crippen LogP contribution in [0.25, 0.3) is 11.0 Å². The molecule has 3 aliphatic rings. The molecular formula is C24H21N3O2. The Morgan fingerprint density at radius 1 is 0.931 bits per heavy atom. The minimum absolute atomic E-state index is 0.0419. The van der Waals surface area contributed by atoms with Crippen LogP contribution >= 0.6 is 0 Å². The normalized spacial score (nSPS) is 27.4. The molecule has 144 valence electrons. The molecule has 2 heterocycles. The summed E-state index contributed by atoms with van der Waals surface area (Å²) in [6.45, 7) is 0.834. The van der Waals surface area contributed by atoms with E-state index in [1.54, 1.807) is 0 Å². The Morgan fingerprint density at radius 3 is 2.38 bits per heavy atom. The number of aromatic nitrogens is 2. The summed E-state index contributed by atoms with van der Waals surface area (Å²) < 4.78 is 2.12. The van der Waals surface area contributed by atoms with Crippen molar-refractivity contribution in [2.45, 2.75) is 19.4 Å². The molecule has 4 atom stereocenters. The first-order chi connectivity index (χ1) is 14.2. The number of benzene rings is 2. The Labute approximate surface area is 168 Å². The fourth-order valence-corrected chi connectivity index (χ4v) is 5.42. The SMILES string of the molecule is O=C1[C@@H]2[C@H](C(=O)N1c1ccc3c(c1)ncn3CCc1ccccc1)[C@@H]1C=C[C@H]2C1. The molecule has 2 bridgehead atoms. The number of amides is 2. The van der Waals surface area contributed by atoms with Gasteiger partial charge in [-0.3, -0.25) is 9.59 Å². The molecule has 2 aliphatic carbocycles. The summed E-state index contributed by atoms with van der Waals surface area (Å²) in [5.74, 6) is 0.0347. The van der Waals surface area contributed by atoms with Crippen molar-refractivity contribution in [3.8, 4) is 0 Å². The van der Waals surface area contributed by atoms with Crippen LogP contribution in [0.2, 0.25) is 0 Å². The third kappa shape index (κ3) is 2.43. The van der Waals surface area contributed by atoms with Gasteiger partial charge in [-0.25, -0.2) is 9.88 Å². The number of nitrogens with zero attached hydrogens (tertiary/aromatic N) is 3. The van der Waals surface area contributed by atoms with Crippen molar-refractivity contribution >= 4 is 28.5 Å². The molecule has 5 heteroatoms. The first kappa shape index (κ1) is 16.7. The lowest BCUT2D eigenvalue weighted by molar-refractivity contribution is -0.123. The van der Waals surface area contributed by atoms with Gasteiger partial charge in [-0.1, -0.05) is 42.5 Å². The summed E-state index contributed by atoms with van der Waals surface area (Å²) >= 11 is 0. The number of imide groups is 1. The maximum absolute atomic E-state index is 13.0. The molecule has 0 N–H and O–H groups in total. The Morgan fingerprint density at radius 2 is 1.66 bits per heavy atom. The summed E-state index contributed by atoms with van der Waals surface area (Å²) in [5, 5.41) is 0. The van der Waals surface area contributed by atoms with Crippen molar-refractivity contribution in [1.82, 2.24) is 9.55 Å². The van der Waals surface area contributed by atoms with Gasteiger partial charge in [-0.15, -0.1) is 0 Å². The van der Waals surface area contributed by atoms with Gasteiger partial charge in [-0.05, 0) is 48.4 Å². The van der Waals surface area contributed by atoms with E-state index < -0.39 is 0 Å². The average molecular weight is 383 g/mol. The zero-order valence-corrected chi connectivity index (χ0v) is 15.9. The van der Waals surface area contributed by atoms with Crippen LogP contribution in [0.4, 0.5) is 5.69 Å². The van der Waals surface area contributed by atoms with E-state index in [4.69, 9.17) is 0 Å². The number of carbonyl (C=O) groups excluding carboxylic acids is 2. The maximum atomic E-state index is 13.0. The van der Waals surface area contributed by atoms with Crippen LogP contribution in [-0.2, 0) is 22.6 Å². The molecule has 5 nitrogen and oxygen atoms in total. The number of aryl methyl sites for hydroxylation is 2. The van der Waals surface area contributed by atoms with Gasteiger partial charge >= 0.3 is 0 Å². The third-order valence-electron chi connectivity index (χ3n) is 6.82. The minimum Gasteiger partial charge on any atom is -0.330 e. The molecule has 2 aromatic carbocycles. The molecule has 2 fully saturated rings. The second-order valence-corrected chi connectivity index (χ2v) is 8.36. The Bertz CT molecular complexity index is 1130. The zero-order chi connectivity index (χ0) is 19.5. The van der Waals surface area contributed by atoms with Crippen LogP contribution in [0.15, 0.2) is 67.0 Å². The fourth-order valence-electron chi connectivity index (χ4n) is 5.42. The summed E-state index contributed by atoms with van der Waals surface area (Å²) in [6.07, 6.45) is 7.96. The van der Waals surface area contributed by atoms with E-state index in [2.05, 4.69) is 46.0 Å². The Kier molecular flexibility index (Phi) is 3.54. The van der Waals surface area contributed by atoms with Crippen molar-refractivity contribution in [3.63, 3.8) is 0 Å². The molecule has 1 saturated heterocycles. The third-order valence-corrected chi connectivity index (χ3v) is 6.82. The predicted octanol–water partition coefficient (Wildman–Crippen LogP) is 3.59. The molecule has 1 aliphatic heterocycles. The molecule has 2 amide bonds. The summed E-state index contributed by atoms with van der Waals surface area (Å²) in [6, 6.07) is 16.1. The smallest absolute Gasteiger partial charge is 0.238 e. The molecule has 6 rings (SSSR count). The van der Waals surface area contributed by atoms with E-state index in [1.807, 2.05) is 30.6 Å². The van der Waals surface area contributed by atoms with Gasteiger partial charge in [0.1, 0.15) is 0 Å². The highest BCUT2D eigenvalue weighted by molar-refractivity contribution is 6.23. The first-order valence-corrected chi connectivity index (χ1v) is 10.3. The minimum atomic E-state index is -0.170. The summed E-state index contributed by atoms with van der Waals surface area (Å²) in [5.41, 5.74) is 3.77. The number of hydrogen-bond donors (Lipinski definition) is 0. The standard InChI is InChI=1S/C24H21N3O2/c28-23-21-16-6-7-17(12-16)22(21)24(29)27(23)18-8-9-20-19(13-18)25-14-26(20)11-10-15-4-2-1-3-5-15/h1-9,13-14,16-17,21-22H,10-12H2/t16-,17+,21-,22+. The van der Waals surface area contributed by atoms with Crippen LogP contribution in [0, 0.1) is 23.7 Å². The molecule has 0 unspecified atom stereocenters. The van der Waals surface area contributed by atoms with Gasteiger partial charge in [0.05, 0.1) is 34.9 Å². The molecule has 29 heavy (non-hydrogen) atoms. The second kappa shape index (κ2) is 6.14. The number of carbonyl (C=O) groups is 2. The quantitative estimate of drug-likeness (QED) is 0.511. The fraction of sp³-hybridized carbons (Fsp3) is 0.292. The number of fused-ring (bicyclic) bond motifs is 6. The summed E-state index contributed by atoms with van der Waals surface area (Å²) in [4.78, 5) is 32.0. The second-order valence-electron chi connectivity index (χ2n) is 8.36. The van der Waals surface area contributed by atoms with Crippen LogP contribution in [-0.4, -0.2) is 21.4 Å². The van der Waals surface area contributed by atoms with Crippen LogP contribution < -0.4 is 4.90 Å². The van der Waals surface area contributed by atoms with Crippen LogP contribution in [0.3, 0.4) is 0 Å². The number of hydrogen-bond acceptors (Lipinski definition) is 3. The highest BCUT2D eigenvalue weighted by atomic mass is 16.2. The van der Waals surface area contributed by atoms with Crippen molar-refractivity contribution in [1.29, 1.82) is 0 Å². The first-order valence-electron chi connectivity index (χ1n) is 10.3. The van der Waals surface area contributed by atoms with Gasteiger partial charge < -0.3 is 4.57 Å². The van der Waals surface area contributed by atoms with E-state index >= 15 is 0 Å². The van der Waals surface area contributed by atoms with E-state index in [0.717, 1.165) is 30.4 Å². The Hall–Kier alpha value is -3.21. The number of anilines is 1. The Balaban J connectivity index is 1.28. The molecule has 1 aromatic heterocycles. The summed E-state index contributed by atoms with van der Waals surface area (Å²) in [7, 11) is 0.